The Morgan fingerprint density at radius 3 is 2.56 bits per heavy atom. The van der Waals surface area contributed by atoms with Crippen LogP contribution < -0.4 is 10.0 Å². The molecule has 2 rings (SSSR count). The van der Waals surface area contributed by atoms with Crippen molar-refractivity contribution < 1.29 is 13.2 Å². The van der Waals surface area contributed by atoms with Gasteiger partial charge in [-0.05, 0) is 37.6 Å². The molecule has 136 valence electrons. The van der Waals surface area contributed by atoms with E-state index in [-0.39, 0.29) is 16.8 Å². The number of amides is 1. The van der Waals surface area contributed by atoms with Gasteiger partial charge >= 0.3 is 0 Å². The number of nitrogens with zero attached hydrogens (tertiary/aromatic N) is 2. The molecule has 0 aliphatic rings. The van der Waals surface area contributed by atoms with Gasteiger partial charge in [0.1, 0.15) is 0 Å². The number of carbonyl (C=O) groups excluding carboxylic acids is 1. The van der Waals surface area contributed by atoms with E-state index in [2.05, 4.69) is 15.0 Å². The molecule has 7 nitrogen and oxygen atoms in total. The third-order valence-electron chi connectivity index (χ3n) is 3.99. The number of imidazole rings is 1. The van der Waals surface area contributed by atoms with Gasteiger partial charge in [-0.15, -0.1) is 0 Å². The molecular weight excluding hydrogens is 340 g/mol. The molecule has 1 atom stereocenters. The number of sulfonamides is 1. The van der Waals surface area contributed by atoms with E-state index in [9.17, 15) is 13.2 Å². The molecular formula is C17H24N4O3S. The summed E-state index contributed by atoms with van der Waals surface area (Å²) in [5, 5.41) is 3.03. The Hall–Kier alpha value is -2.19. The van der Waals surface area contributed by atoms with Crippen molar-refractivity contribution in [2.45, 2.75) is 43.7 Å². The van der Waals surface area contributed by atoms with Crippen LogP contribution in [0.3, 0.4) is 0 Å². The minimum absolute atomic E-state index is 0.0149. The molecule has 1 amide bonds. The standard InChI is InChI=1S/C17H24N4O3S/c1-3-15(12-21-11-10-19-13-21)20-17(22)9-6-14-4-7-16(8-5-14)25(23,24)18-2/h4-5,7-8,10-11,13,15,18H,3,6,9,12H2,1-2H3,(H,20,22). The second-order valence-electron chi connectivity index (χ2n) is 5.78. The maximum atomic E-state index is 12.1. The summed E-state index contributed by atoms with van der Waals surface area (Å²) in [6, 6.07) is 6.63. The lowest BCUT2D eigenvalue weighted by Crippen LogP contribution is -2.37. The molecule has 0 spiro atoms. The van der Waals surface area contributed by atoms with E-state index in [1.807, 2.05) is 17.7 Å². The van der Waals surface area contributed by atoms with Crippen LogP contribution in [0.2, 0.25) is 0 Å². The van der Waals surface area contributed by atoms with Crippen LogP contribution in [-0.4, -0.2) is 37.0 Å². The number of hydrogen-bond donors (Lipinski definition) is 2. The van der Waals surface area contributed by atoms with Crippen LogP contribution in [0, 0.1) is 0 Å². The van der Waals surface area contributed by atoms with Gasteiger partial charge in [-0.3, -0.25) is 4.79 Å². The second-order valence-corrected chi connectivity index (χ2v) is 7.67. The molecule has 0 bridgehead atoms. The van der Waals surface area contributed by atoms with Crippen molar-refractivity contribution in [2.75, 3.05) is 7.05 Å². The Morgan fingerprint density at radius 1 is 1.28 bits per heavy atom. The lowest BCUT2D eigenvalue weighted by molar-refractivity contribution is -0.121. The normalized spacial score (nSPS) is 12.7. The van der Waals surface area contributed by atoms with E-state index in [4.69, 9.17) is 0 Å². The van der Waals surface area contributed by atoms with E-state index < -0.39 is 10.0 Å². The van der Waals surface area contributed by atoms with Gasteiger partial charge in [0.2, 0.25) is 15.9 Å². The van der Waals surface area contributed by atoms with Crippen LogP contribution >= 0.6 is 0 Å². The Kier molecular flexibility index (Phi) is 6.72. The molecule has 0 fully saturated rings. The molecule has 1 aromatic carbocycles. The predicted octanol–water partition coefficient (Wildman–Crippen LogP) is 1.32. The third-order valence-corrected chi connectivity index (χ3v) is 5.42. The number of aryl methyl sites for hydroxylation is 1. The van der Waals surface area contributed by atoms with Crippen molar-refractivity contribution in [1.29, 1.82) is 0 Å². The number of benzene rings is 1. The van der Waals surface area contributed by atoms with Crippen molar-refractivity contribution in [3.05, 3.63) is 48.5 Å². The summed E-state index contributed by atoms with van der Waals surface area (Å²) in [7, 11) is -2.05. The summed E-state index contributed by atoms with van der Waals surface area (Å²) in [5.74, 6) is -0.0149. The summed E-state index contributed by atoms with van der Waals surface area (Å²) in [6.45, 7) is 2.72. The maximum absolute atomic E-state index is 12.1. The minimum Gasteiger partial charge on any atom is -0.352 e. The number of hydrogen-bond acceptors (Lipinski definition) is 4. The van der Waals surface area contributed by atoms with Gasteiger partial charge in [-0.25, -0.2) is 18.1 Å². The highest BCUT2D eigenvalue weighted by Crippen LogP contribution is 2.11. The quantitative estimate of drug-likeness (QED) is 0.702. The lowest BCUT2D eigenvalue weighted by atomic mass is 10.1. The van der Waals surface area contributed by atoms with Crippen molar-refractivity contribution in [2.24, 2.45) is 0 Å². The Balaban J connectivity index is 1.84. The largest absolute Gasteiger partial charge is 0.352 e. The van der Waals surface area contributed by atoms with E-state index in [0.717, 1.165) is 12.0 Å². The van der Waals surface area contributed by atoms with E-state index in [1.165, 1.54) is 7.05 Å². The fourth-order valence-electron chi connectivity index (χ4n) is 2.44. The van der Waals surface area contributed by atoms with Crippen molar-refractivity contribution >= 4 is 15.9 Å². The van der Waals surface area contributed by atoms with Crippen LogP contribution in [0.4, 0.5) is 0 Å². The highest BCUT2D eigenvalue weighted by molar-refractivity contribution is 7.89. The van der Waals surface area contributed by atoms with E-state index in [1.54, 1.807) is 36.8 Å². The molecule has 0 saturated heterocycles. The first kappa shape index (κ1) is 19.1. The first-order chi connectivity index (χ1) is 11.9. The van der Waals surface area contributed by atoms with Crippen molar-refractivity contribution in [3.63, 3.8) is 0 Å². The minimum atomic E-state index is -3.43. The molecule has 0 radical (unpaired) electrons. The zero-order chi connectivity index (χ0) is 18.3. The zero-order valence-electron chi connectivity index (χ0n) is 14.5. The van der Waals surface area contributed by atoms with Gasteiger partial charge in [0.05, 0.1) is 11.2 Å². The zero-order valence-corrected chi connectivity index (χ0v) is 15.3. The monoisotopic (exact) mass is 364 g/mol. The fourth-order valence-corrected chi connectivity index (χ4v) is 3.17. The molecule has 0 saturated carbocycles. The van der Waals surface area contributed by atoms with Gasteiger partial charge in [0, 0.05) is 31.4 Å². The summed E-state index contributed by atoms with van der Waals surface area (Å²) in [6.07, 6.45) is 7.07. The van der Waals surface area contributed by atoms with Crippen LogP contribution in [0.25, 0.3) is 0 Å². The average Bonchev–Trinajstić information content (AvgIpc) is 3.12. The topological polar surface area (TPSA) is 93.1 Å². The van der Waals surface area contributed by atoms with Gasteiger partial charge < -0.3 is 9.88 Å². The van der Waals surface area contributed by atoms with E-state index in [0.29, 0.717) is 19.4 Å². The molecule has 0 aliphatic heterocycles. The maximum Gasteiger partial charge on any atom is 0.240 e. The Labute approximate surface area is 148 Å². The summed E-state index contributed by atoms with van der Waals surface area (Å²) in [5.41, 5.74) is 0.924. The van der Waals surface area contributed by atoms with Crippen LogP contribution in [-0.2, 0) is 27.8 Å². The lowest BCUT2D eigenvalue weighted by Gasteiger charge is -2.17. The third kappa shape index (κ3) is 5.68. The van der Waals surface area contributed by atoms with Crippen LogP contribution in [0.1, 0.15) is 25.3 Å². The molecule has 1 unspecified atom stereocenters. The Bertz CT molecular complexity index is 771. The molecule has 1 heterocycles. The van der Waals surface area contributed by atoms with Gasteiger partial charge in [0.15, 0.2) is 0 Å². The molecule has 2 aromatic rings. The average molecular weight is 364 g/mol. The SMILES string of the molecule is CCC(Cn1ccnc1)NC(=O)CCc1ccc(S(=O)(=O)NC)cc1. The van der Waals surface area contributed by atoms with Gasteiger partial charge in [-0.1, -0.05) is 19.1 Å². The highest BCUT2D eigenvalue weighted by Gasteiger charge is 2.13. The smallest absolute Gasteiger partial charge is 0.240 e. The van der Waals surface area contributed by atoms with Crippen LogP contribution in [0.15, 0.2) is 47.9 Å². The molecule has 1 aromatic heterocycles. The summed E-state index contributed by atoms with van der Waals surface area (Å²) in [4.78, 5) is 16.4. The van der Waals surface area contributed by atoms with Crippen molar-refractivity contribution in [1.82, 2.24) is 19.6 Å². The first-order valence-electron chi connectivity index (χ1n) is 8.22. The second kappa shape index (κ2) is 8.77. The van der Waals surface area contributed by atoms with Crippen molar-refractivity contribution in [3.8, 4) is 0 Å². The predicted molar refractivity (Wildman–Crippen MR) is 95.5 cm³/mol. The first-order valence-corrected chi connectivity index (χ1v) is 9.70. The van der Waals surface area contributed by atoms with Gasteiger partial charge in [0.25, 0.3) is 0 Å². The van der Waals surface area contributed by atoms with Crippen LogP contribution in [0.5, 0.6) is 0 Å². The summed E-state index contributed by atoms with van der Waals surface area (Å²) < 4.78 is 27.6. The molecule has 0 aliphatic carbocycles. The number of carbonyl (C=O) groups is 1. The fraction of sp³-hybridized carbons (Fsp3) is 0.412. The number of rotatable bonds is 9. The molecule has 2 N–H and O–H groups in total. The summed E-state index contributed by atoms with van der Waals surface area (Å²) >= 11 is 0. The Morgan fingerprint density at radius 2 is 2.00 bits per heavy atom. The van der Waals surface area contributed by atoms with E-state index >= 15 is 0 Å². The molecule has 8 heteroatoms. The molecule has 25 heavy (non-hydrogen) atoms. The number of nitrogens with one attached hydrogen (secondary N) is 2. The van der Waals surface area contributed by atoms with Gasteiger partial charge in [-0.2, -0.15) is 0 Å². The highest BCUT2D eigenvalue weighted by atomic mass is 32.2. The number of aromatic nitrogens is 2.